The molecule has 0 amide bonds. The van der Waals surface area contributed by atoms with Crippen molar-refractivity contribution in [3.8, 4) is 0 Å². The quantitative estimate of drug-likeness (QED) is 0.269. The van der Waals surface area contributed by atoms with E-state index in [1.807, 2.05) is 0 Å². The van der Waals surface area contributed by atoms with Gasteiger partial charge in [-0.3, -0.25) is 20.2 Å². The summed E-state index contributed by atoms with van der Waals surface area (Å²) in [4.78, 5) is 45.7. The van der Waals surface area contributed by atoms with Gasteiger partial charge in [-0.2, -0.15) is 0 Å². The number of esters is 2. The predicted octanol–water partition coefficient (Wildman–Crippen LogP) is 4.37. The number of carbonyl (C=O) groups excluding carboxylic acids is 2. The monoisotopic (exact) mass is 458 g/mol. The number of nitrogens with zero attached hydrogens (tertiary/aromatic N) is 2. The van der Waals surface area contributed by atoms with Crippen LogP contribution in [-0.4, -0.2) is 42.1 Å². The summed E-state index contributed by atoms with van der Waals surface area (Å²) in [5.74, 6) is -1.30. The van der Waals surface area contributed by atoms with Gasteiger partial charge in [0.25, 0.3) is 11.4 Å². The van der Waals surface area contributed by atoms with Crippen molar-refractivity contribution in [3.63, 3.8) is 0 Å². The second kappa shape index (κ2) is 9.26. The maximum atomic E-state index is 12.6. The number of rotatable bonds is 6. The SMILES string of the molecule is C[Si]1(C)CC[C@H](OC(=O)c2ccc([N+](=O)[O-])cc2)[C@H](OC(=O)c2ccc([N+](=O)[O-])cc2)C1. The van der Waals surface area contributed by atoms with Gasteiger partial charge in [-0.1, -0.05) is 19.1 Å². The number of nitro groups is 2. The van der Waals surface area contributed by atoms with Crippen molar-refractivity contribution >= 4 is 31.4 Å². The van der Waals surface area contributed by atoms with Crippen LogP contribution in [0.5, 0.6) is 0 Å². The highest BCUT2D eigenvalue weighted by Gasteiger charge is 2.40. The molecule has 0 N–H and O–H groups in total. The fourth-order valence-corrected chi connectivity index (χ4v) is 6.30. The molecule has 11 heteroatoms. The molecular weight excluding hydrogens is 436 g/mol. The summed E-state index contributed by atoms with van der Waals surface area (Å²) < 4.78 is 11.3. The van der Waals surface area contributed by atoms with Gasteiger partial charge in [0.05, 0.1) is 29.0 Å². The van der Waals surface area contributed by atoms with Gasteiger partial charge < -0.3 is 9.47 Å². The van der Waals surface area contributed by atoms with E-state index in [-0.39, 0.29) is 22.5 Å². The predicted molar refractivity (Wildman–Crippen MR) is 116 cm³/mol. The molecule has 2 atom stereocenters. The van der Waals surface area contributed by atoms with Crippen LogP contribution in [0, 0.1) is 20.2 Å². The van der Waals surface area contributed by atoms with Crippen LogP contribution in [0.25, 0.3) is 0 Å². The molecule has 1 saturated heterocycles. The van der Waals surface area contributed by atoms with Crippen molar-refractivity contribution in [3.05, 3.63) is 79.9 Å². The van der Waals surface area contributed by atoms with Crippen LogP contribution in [0.2, 0.25) is 25.2 Å². The minimum absolute atomic E-state index is 0.136. The van der Waals surface area contributed by atoms with Gasteiger partial charge in [-0.05, 0) is 36.7 Å². The smallest absolute Gasteiger partial charge is 0.338 e. The normalized spacial score (nSPS) is 19.6. The maximum Gasteiger partial charge on any atom is 0.338 e. The molecule has 0 aliphatic carbocycles. The molecule has 168 valence electrons. The highest BCUT2D eigenvalue weighted by atomic mass is 28.3. The summed E-state index contributed by atoms with van der Waals surface area (Å²) in [6.45, 7) is 4.32. The van der Waals surface area contributed by atoms with Gasteiger partial charge in [-0.25, -0.2) is 9.59 Å². The van der Waals surface area contributed by atoms with E-state index >= 15 is 0 Å². The molecule has 3 rings (SSSR count). The van der Waals surface area contributed by atoms with Crippen molar-refractivity contribution in [2.24, 2.45) is 0 Å². The minimum atomic E-state index is -1.67. The van der Waals surface area contributed by atoms with Crippen LogP contribution in [-0.2, 0) is 9.47 Å². The Morgan fingerprint density at radius 3 is 1.62 bits per heavy atom. The molecule has 1 aliphatic rings. The minimum Gasteiger partial charge on any atom is -0.455 e. The Balaban J connectivity index is 1.72. The molecule has 1 fully saturated rings. The van der Waals surface area contributed by atoms with Crippen LogP contribution < -0.4 is 0 Å². The van der Waals surface area contributed by atoms with Gasteiger partial charge in [0, 0.05) is 24.3 Å². The Labute approximate surface area is 184 Å². The van der Waals surface area contributed by atoms with Gasteiger partial charge >= 0.3 is 11.9 Å². The maximum absolute atomic E-state index is 12.6. The summed E-state index contributed by atoms with van der Waals surface area (Å²) >= 11 is 0. The average Bonchev–Trinajstić information content (AvgIpc) is 2.75. The number of non-ortho nitro benzene ring substituents is 2. The second-order valence-electron chi connectivity index (χ2n) is 8.40. The van der Waals surface area contributed by atoms with E-state index in [2.05, 4.69) is 13.1 Å². The van der Waals surface area contributed by atoms with E-state index in [0.717, 1.165) is 6.04 Å². The number of hydrogen-bond acceptors (Lipinski definition) is 8. The first-order valence-electron chi connectivity index (χ1n) is 9.97. The molecule has 2 aromatic rings. The molecule has 0 unspecified atom stereocenters. The molecule has 0 radical (unpaired) electrons. The number of nitro benzene ring substituents is 2. The molecular formula is C21H22N2O8Si. The van der Waals surface area contributed by atoms with Crippen molar-refractivity contribution < 1.29 is 28.9 Å². The van der Waals surface area contributed by atoms with Gasteiger partial charge in [-0.15, -0.1) is 0 Å². The van der Waals surface area contributed by atoms with Crippen molar-refractivity contribution in [2.45, 2.75) is 43.8 Å². The average molecular weight is 458 g/mol. The van der Waals surface area contributed by atoms with E-state index < -0.39 is 42.1 Å². The molecule has 0 bridgehead atoms. The van der Waals surface area contributed by atoms with Crippen LogP contribution in [0.1, 0.15) is 27.1 Å². The van der Waals surface area contributed by atoms with E-state index in [1.54, 1.807) is 0 Å². The number of ether oxygens (including phenoxy) is 2. The molecule has 2 aromatic carbocycles. The van der Waals surface area contributed by atoms with E-state index in [1.165, 1.54) is 48.5 Å². The summed E-state index contributed by atoms with van der Waals surface area (Å²) in [6.07, 6.45) is -0.758. The summed E-state index contributed by atoms with van der Waals surface area (Å²) in [5.41, 5.74) is 0.0590. The number of benzene rings is 2. The Morgan fingerprint density at radius 2 is 1.22 bits per heavy atom. The summed E-state index contributed by atoms with van der Waals surface area (Å²) in [5, 5.41) is 21.6. The zero-order valence-electron chi connectivity index (χ0n) is 17.6. The highest BCUT2D eigenvalue weighted by molar-refractivity contribution is 6.77. The lowest BCUT2D eigenvalue weighted by molar-refractivity contribution is -0.385. The third-order valence-corrected chi connectivity index (χ3v) is 8.57. The zero-order valence-corrected chi connectivity index (χ0v) is 18.6. The van der Waals surface area contributed by atoms with Crippen molar-refractivity contribution in [1.82, 2.24) is 0 Å². The summed E-state index contributed by atoms with van der Waals surface area (Å²) in [7, 11) is -1.67. The first-order chi connectivity index (χ1) is 15.1. The largest absolute Gasteiger partial charge is 0.455 e. The van der Waals surface area contributed by atoms with E-state index in [0.29, 0.717) is 12.5 Å². The van der Waals surface area contributed by atoms with Crippen LogP contribution in [0.4, 0.5) is 11.4 Å². The Hall–Kier alpha value is -3.60. The third kappa shape index (κ3) is 5.55. The lowest BCUT2D eigenvalue weighted by Gasteiger charge is -2.38. The second-order valence-corrected chi connectivity index (χ2v) is 13.6. The first kappa shape index (κ1) is 23.1. The van der Waals surface area contributed by atoms with Crippen LogP contribution in [0.15, 0.2) is 48.5 Å². The van der Waals surface area contributed by atoms with E-state index in [9.17, 15) is 29.8 Å². The van der Waals surface area contributed by atoms with Crippen molar-refractivity contribution in [1.29, 1.82) is 0 Å². The Kier molecular flexibility index (Phi) is 6.68. The fourth-order valence-electron chi connectivity index (χ4n) is 3.60. The van der Waals surface area contributed by atoms with Crippen molar-refractivity contribution in [2.75, 3.05) is 0 Å². The molecule has 10 nitrogen and oxygen atoms in total. The first-order valence-corrected chi connectivity index (χ1v) is 13.4. The highest BCUT2D eigenvalue weighted by Crippen LogP contribution is 2.33. The molecule has 0 aromatic heterocycles. The molecule has 32 heavy (non-hydrogen) atoms. The lowest BCUT2D eigenvalue weighted by Crippen LogP contribution is -2.47. The number of carbonyl (C=O) groups is 2. The third-order valence-electron chi connectivity index (χ3n) is 5.42. The fraction of sp³-hybridized carbons (Fsp3) is 0.333. The Morgan fingerprint density at radius 1 is 0.812 bits per heavy atom. The number of hydrogen-bond donors (Lipinski definition) is 0. The summed E-state index contributed by atoms with van der Waals surface area (Å²) in [6, 6.07) is 11.7. The van der Waals surface area contributed by atoms with Crippen LogP contribution >= 0.6 is 0 Å². The van der Waals surface area contributed by atoms with Gasteiger partial charge in [0.1, 0.15) is 12.2 Å². The standard InChI is InChI=1S/C21H22N2O8Si/c1-32(2)12-11-18(30-20(24)14-3-7-16(8-4-14)22(26)27)19(13-32)31-21(25)15-5-9-17(10-6-15)23(28)29/h3-10,18-19H,11-13H2,1-2H3/t18-,19+/m0/s1. The van der Waals surface area contributed by atoms with Gasteiger partial charge in [0.15, 0.2) is 0 Å². The molecule has 1 heterocycles. The van der Waals surface area contributed by atoms with Gasteiger partial charge in [0.2, 0.25) is 0 Å². The molecule has 0 spiro atoms. The zero-order chi connectivity index (χ0) is 23.5. The molecule has 1 aliphatic heterocycles. The Bertz CT molecular complexity index is 1040. The lowest BCUT2D eigenvalue weighted by atomic mass is 10.1. The van der Waals surface area contributed by atoms with Crippen LogP contribution in [0.3, 0.4) is 0 Å². The molecule has 0 saturated carbocycles. The topological polar surface area (TPSA) is 139 Å². The van der Waals surface area contributed by atoms with E-state index in [4.69, 9.17) is 9.47 Å².